The van der Waals surface area contributed by atoms with Crippen molar-refractivity contribution in [3.8, 4) is 0 Å². The van der Waals surface area contributed by atoms with Crippen molar-refractivity contribution in [3.63, 3.8) is 0 Å². The molecule has 3 fully saturated rings. The van der Waals surface area contributed by atoms with Crippen molar-refractivity contribution in [1.82, 2.24) is 19.6 Å². The van der Waals surface area contributed by atoms with E-state index in [9.17, 15) is 18.0 Å². The summed E-state index contributed by atoms with van der Waals surface area (Å²) in [6.07, 6.45) is 1.60. The fourth-order valence-corrected chi connectivity index (χ4v) is 7.42. The third kappa shape index (κ3) is 5.02. The Morgan fingerprint density at radius 1 is 1.00 bits per heavy atom. The van der Waals surface area contributed by atoms with Gasteiger partial charge < -0.3 is 9.80 Å². The molecule has 1 aromatic heterocycles. The number of rotatable bonds is 7. The fraction of sp³-hybridized carbons (Fsp3) is 0.259. The van der Waals surface area contributed by atoms with Crippen LogP contribution in [-0.4, -0.2) is 67.1 Å². The number of thioether (sulfide) groups is 1. The number of carbonyl (C=O) groups is 2. The van der Waals surface area contributed by atoms with Crippen LogP contribution in [0.15, 0.2) is 76.5 Å². The molecule has 3 saturated heterocycles. The minimum atomic E-state index is -3.51. The molecule has 2 amide bonds. The molecule has 3 aliphatic heterocycles. The summed E-state index contributed by atoms with van der Waals surface area (Å²) in [5, 5.41) is 1.86. The van der Waals surface area contributed by atoms with E-state index in [4.69, 9.17) is 4.98 Å². The molecule has 1 spiro atoms. The van der Waals surface area contributed by atoms with E-state index in [-0.39, 0.29) is 10.3 Å². The van der Waals surface area contributed by atoms with Gasteiger partial charge in [0, 0.05) is 51.3 Å². The van der Waals surface area contributed by atoms with Crippen LogP contribution in [0, 0.1) is 5.41 Å². The maximum atomic E-state index is 12.9. The Labute approximate surface area is 230 Å². The third-order valence-corrected chi connectivity index (χ3v) is 9.65. The lowest BCUT2D eigenvalue weighted by Gasteiger charge is -2.59. The zero-order chi connectivity index (χ0) is 27.2. The highest BCUT2D eigenvalue weighted by atomic mass is 32.2. The fourth-order valence-electron chi connectivity index (χ4n) is 5.06. The number of aromatic nitrogens is 2. The van der Waals surface area contributed by atoms with Gasteiger partial charge in [0.1, 0.15) is 5.82 Å². The van der Waals surface area contributed by atoms with E-state index < -0.39 is 21.2 Å². The number of nitrogens with zero attached hydrogens (tertiary/aromatic N) is 5. The van der Waals surface area contributed by atoms with Gasteiger partial charge in [0.25, 0.3) is 11.1 Å². The molecule has 39 heavy (non-hydrogen) atoms. The van der Waals surface area contributed by atoms with Crippen molar-refractivity contribution in [1.29, 1.82) is 0 Å². The molecule has 2 aromatic carbocycles. The molecule has 0 aliphatic carbocycles. The SMILES string of the molecule is CN(Cc1ccccc1)c1cc(/C=C2/SC(=O)NC2=O)nc(N2CC3(C2)CN(S(=O)(=O)c2ccccc2)C3)n1. The van der Waals surface area contributed by atoms with Crippen molar-refractivity contribution >= 4 is 50.8 Å². The summed E-state index contributed by atoms with van der Waals surface area (Å²) in [5.74, 6) is 0.735. The predicted octanol–water partition coefficient (Wildman–Crippen LogP) is 2.95. The Bertz CT molecular complexity index is 1570. The molecule has 1 N–H and O–H groups in total. The van der Waals surface area contributed by atoms with Gasteiger partial charge in [0.2, 0.25) is 16.0 Å². The van der Waals surface area contributed by atoms with E-state index in [1.807, 2.05) is 47.2 Å². The van der Waals surface area contributed by atoms with Crippen LogP contribution in [0.2, 0.25) is 0 Å². The van der Waals surface area contributed by atoms with Crippen LogP contribution in [0.1, 0.15) is 11.3 Å². The van der Waals surface area contributed by atoms with E-state index in [1.54, 1.807) is 42.5 Å². The smallest absolute Gasteiger partial charge is 0.290 e. The number of imide groups is 1. The lowest BCUT2D eigenvalue weighted by atomic mass is 9.74. The van der Waals surface area contributed by atoms with Crippen LogP contribution in [0.3, 0.4) is 0 Å². The second-order valence-electron chi connectivity index (χ2n) is 10.1. The van der Waals surface area contributed by atoms with Crippen molar-refractivity contribution in [2.75, 3.05) is 43.0 Å². The summed E-state index contributed by atoms with van der Waals surface area (Å²) in [5.41, 5.74) is 1.50. The van der Waals surface area contributed by atoms with Gasteiger partial charge in [-0.05, 0) is 35.5 Å². The highest BCUT2D eigenvalue weighted by molar-refractivity contribution is 8.18. The van der Waals surface area contributed by atoms with Crippen LogP contribution >= 0.6 is 11.8 Å². The van der Waals surface area contributed by atoms with Gasteiger partial charge in [-0.1, -0.05) is 48.5 Å². The molecular weight excluding hydrogens is 536 g/mol. The minimum Gasteiger partial charge on any atom is -0.355 e. The highest BCUT2D eigenvalue weighted by Gasteiger charge is 2.56. The molecule has 0 bridgehead atoms. The quantitative estimate of drug-likeness (QED) is 0.434. The van der Waals surface area contributed by atoms with Crippen LogP contribution < -0.4 is 15.1 Å². The topological polar surface area (TPSA) is 116 Å². The van der Waals surface area contributed by atoms with Crippen molar-refractivity contribution in [3.05, 3.63) is 82.9 Å². The molecule has 0 saturated carbocycles. The third-order valence-electron chi connectivity index (χ3n) is 7.04. The largest absolute Gasteiger partial charge is 0.355 e. The summed E-state index contributed by atoms with van der Waals surface area (Å²) >= 11 is 0.844. The van der Waals surface area contributed by atoms with E-state index in [2.05, 4.69) is 10.3 Å². The second-order valence-corrected chi connectivity index (χ2v) is 13.0. The zero-order valence-electron chi connectivity index (χ0n) is 21.1. The van der Waals surface area contributed by atoms with Gasteiger partial charge in [0.05, 0.1) is 15.5 Å². The molecule has 10 nitrogen and oxygen atoms in total. The number of anilines is 2. The van der Waals surface area contributed by atoms with Crippen LogP contribution in [0.4, 0.5) is 16.6 Å². The maximum absolute atomic E-state index is 12.9. The Balaban J connectivity index is 1.21. The molecule has 12 heteroatoms. The summed E-state index contributed by atoms with van der Waals surface area (Å²) in [4.78, 5) is 37.9. The van der Waals surface area contributed by atoms with Gasteiger partial charge in [-0.3, -0.25) is 14.9 Å². The number of hydrogen-bond donors (Lipinski definition) is 1. The minimum absolute atomic E-state index is 0.136. The molecule has 0 unspecified atom stereocenters. The monoisotopic (exact) mass is 562 g/mol. The molecule has 4 heterocycles. The van der Waals surface area contributed by atoms with Gasteiger partial charge in [-0.15, -0.1) is 0 Å². The van der Waals surface area contributed by atoms with Crippen molar-refractivity contribution in [2.45, 2.75) is 11.4 Å². The Hall–Kier alpha value is -3.74. The highest BCUT2D eigenvalue weighted by Crippen LogP contribution is 2.43. The van der Waals surface area contributed by atoms with E-state index in [0.29, 0.717) is 55.1 Å². The Morgan fingerprint density at radius 2 is 1.67 bits per heavy atom. The number of carbonyl (C=O) groups excluding carboxylic acids is 2. The lowest BCUT2D eigenvalue weighted by Crippen LogP contribution is -2.73. The molecular formula is C27H26N6O4S2. The van der Waals surface area contributed by atoms with Crippen LogP contribution in [0.25, 0.3) is 6.08 Å². The average molecular weight is 563 g/mol. The number of benzene rings is 2. The first-order chi connectivity index (χ1) is 18.7. The maximum Gasteiger partial charge on any atom is 0.290 e. The van der Waals surface area contributed by atoms with Gasteiger partial charge in [0.15, 0.2) is 0 Å². The second kappa shape index (κ2) is 9.78. The summed E-state index contributed by atoms with van der Waals surface area (Å²) in [7, 11) is -1.57. The number of hydrogen-bond acceptors (Lipinski definition) is 9. The van der Waals surface area contributed by atoms with E-state index in [1.165, 1.54) is 4.31 Å². The first-order valence-electron chi connectivity index (χ1n) is 12.4. The number of amides is 2. The lowest BCUT2D eigenvalue weighted by molar-refractivity contribution is -0.115. The van der Waals surface area contributed by atoms with Crippen molar-refractivity contribution < 1.29 is 18.0 Å². The number of nitrogens with one attached hydrogen (secondary N) is 1. The molecule has 3 aliphatic rings. The van der Waals surface area contributed by atoms with Gasteiger partial charge >= 0.3 is 0 Å². The zero-order valence-corrected chi connectivity index (χ0v) is 22.8. The molecule has 3 aromatic rings. The first-order valence-corrected chi connectivity index (χ1v) is 14.7. The summed E-state index contributed by atoms with van der Waals surface area (Å²) in [6, 6.07) is 20.3. The average Bonchev–Trinajstić information content (AvgIpc) is 3.19. The Morgan fingerprint density at radius 3 is 2.31 bits per heavy atom. The summed E-state index contributed by atoms with van der Waals surface area (Å²) < 4.78 is 27.4. The Kier molecular flexibility index (Phi) is 6.40. The van der Waals surface area contributed by atoms with Crippen LogP contribution in [0.5, 0.6) is 0 Å². The van der Waals surface area contributed by atoms with E-state index >= 15 is 0 Å². The standard InChI is InChI=1S/C27H26N6O4S2/c1-31(14-19-8-4-2-5-9-19)23-13-20(12-22-24(34)30-26(35)38-22)28-25(29-23)32-15-27(16-32)17-33(18-27)39(36,37)21-10-6-3-7-11-21/h2-13H,14-18H2,1H3,(H,30,34,35)/b22-12+. The van der Waals surface area contributed by atoms with Crippen molar-refractivity contribution in [2.24, 2.45) is 5.41 Å². The molecule has 200 valence electrons. The van der Waals surface area contributed by atoms with Gasteiger partial charge in [-0.25, -0.2) is 13.4 Å². The molecule has 0 radical (unpaired) electrons. The van der Waals surface area contributed by atoms with Gasteiger partial charge in [-0.2, -0.15) is 9.29 Å². The van der Waals surface area contributed by atoms with Crippen LogP contribution in [-0.2, 0) is 21.4 Å². The predicted molar refractivity (Wildman–Crippen MR) is 150 cm³/mol. The summed E-state index contributed by atoms with van der Waals surface area (Å²) in [6.45, 7) is 2.78. The normalized spacial score (nSPS) is 19.6. The first kappa shape index (κ1) is 25.5. The number of sulfonamides is 1. The molecule has 0 atom stereocenters. The van der Waals surface area contributed by atoms with E-state index in [0.717, 1.165) is 17.3 Å². The molecule has 6 rings (SSSR count).